The van der Waals surface area contributed by atoms with Crippen LogP contribution in [0.2, 0.25) is 0 Å². The summed E-state index contributed by atoms with van der Waals surface area (Å²) in [4.78, 5) is 4.07. The monoisotopic (exact) mass is 304 g/mol. The average molecular weight is 304 g/mol. The average Bonchev–Trinajstić information content (AvgIpc) is 2.35. The van der Waals surface area contributed by atoms with E-state index < -0.39 is 10.0 Å². The molecule has 118 valence electrons. The van der Waals surface area contributed by atoms with Crippen LogP contribution in [0.5, 0.6) is 0 Å². The molecule has 3 N–H and O–H groups in total. The van der Waals surface area contributed by atoms with Gasteiger partial charge in [0.05, 0.1) is 5.75 Å². The predicted octanol–water partition coefficient (Wildman–Crippen LogP) is 0.669. The zero-order valence-electron chi connectivity index (χ0n) is 12.8. The summed E-state index contributed by atoms with van der Waals surface area (Å²) < 4.78 is 26.3. The number of aliphatic imine (C=N–C) groups is 1. The van der Waals surface area contributed by atoms with Crippen molar-refractivity contribution in [1.82, 2.24) is 15.4 Å². The molecule has 1 saturated carbocycles. The number of guanidine groups is 1. The van der Waals surface area contributed by atoms with E-state index in [0.717, 1.165) is 19.3 Å². The quantitative estimate of drug-likeness (QED) is 0.455. The lowest BCUT2D eigenvalue weighted by molar-refractivity contribution is 0.316. The third kappa shape index (κ3) is 6.56. The second-order valence-electron chi connectivity index (χ2n) is 5.42. The van der Waals surface area contributed by atoms with Crippen molar-refractivity contribution in [2.75, 3.05) is 25.9 Å². The first kappa shape index (κ1) is 17.2. The van der Waals surface area contributed by atoms with Crippen LogP contribution in [0.15, 0.2) is 4.99 Å². The molecule has 1 fully saturated rings. The number of rotatable bonds is 8. The van der Waals surface area contributed by atoms with Crippen LogP contribution in [0.25, 0.3) is 0 Å². The van der Waals surface area contributed by atoms with Gasteiger partial charge in [-0.3, -0.25) is 4.99 Å². The van der Waals surface area contributed by atoms with E-state index in [-0.39, 0.29) is 5.75 Å². The van der Waals surface area contributed by atoms with Crippen molar-refractivity contribution < 1.29 is 8.42 Å². The number of hydrogen-bond acceptors (Lipinski definition) is 3. The second kappa shape index (κ2) is 8.46. The molecule has 0 radical (unpaired) electrons. The normalized spacial score (nSPS) is 18.4. The van der Waals surface area contributed by atoms with Gasteiger partial charge < -0.3 is 10.6 Å². The van der Waals surface area contributed by atoms with Crippen LogP contribution in [-0.2, 0) is 10.0 Å². The molecular weight excluding hydrogens is 276 g/mol. The highest BCUT2D eigenvalue weighted by Gasteiger charge is 2.20. The third-order valence-corrected chi connectivity index (χ3v) is 5.05. The number of nitrogens with one attached hydrogen (secondary N) is 3. The van der Waals surface area contributed by atoms with Gasteiger partial charge >= 0.3 is 0 Å². The lowest BCUT2D eigenvalue weighted by Crippen LogP contribution is -2.44. The van der Waals surface area contributed by atoms with Crippen LogP contribution in [0.1, 0.15) is 39.5 Å². The van der Waals surface area contributed by atoms with Gasteiger partial charge in [-0.2, -0.15) is 0 Å². The Kier molecular flexibility index (Phi) is 7.29. The largest absolute Gasteiger partial charge is 0.355 e. The van der Waals surface area contributed by atoms with Gasteiger partial charge in [-0.1, -0.05) is 13.3 Å². The van der Waals surface area contributed by atoms with E-state index in [0.29, 0.717) is 31.0 Å². The van der Waals surface area contributed by atoms with E-state index in [1.54, 1.807) is 7.05 Å². The summed E-state index contributed by atoms with van der Waals surface area (Å²) in [6.45, 7) is 5.09. The molecule has 7 heteroatoms. The molecule has 0 aliphatic heterocycles. The number of hydrogen-bond donors (Lipinski definition) is 3. The van der Waals surface area contributed by atoms with Gasteiger partial charge in [-0.25, -0.2) is 13.1 Å². The smallest absolute Gasteiger partial charge is 0.213 e. The molecule has 1 unspecified atom stereocenters. The van der Waals surface area contributed by atoms with E-state index >= 15 is 0 Å². The van der Waals surface area contributed by atoms with Gasteiger partial charge in [-0.05, 0) is 32.1 Å². The van der Waals surface area contributed by atoms with Gasteiger partial charge in [0, 0.05) is 26.2 Å². The van der Waals surface area contributed by atoms with Gasteiger partial charge in [0.25, 0.3) is 0 Å². The molecule has 1 aliphatic rings. The molecule has 1 rings (SSSR count). The molecule has 1 aliphatic carbocycles. The highest BCUT2D eigenvalue weighted by atomic mass is 32.2. The first-order valence-electron chi connectivity index (χ1n) is 7.41. The van der Waals surface area contributed by atoms with Crippen LogP contribution < -0.4 is 15.4 Å². The first-order valence-corrected chi connectivity index (χ1v) is 9.06. The van der Waals surface area contributed by atoms with E-state index in [4.69, 9.17) is 0 Å². The second-order valence-corrected chi connectivity index (χ2v) is 7.34. The Morgan fingerprint density at radius 3 is 2.60 bits per heavy atom. The third-order valence-electron chi connectivity index (χ3n) is 3.70. The number of nitrogens with zero attached hydrogens (tertiary/aromatic N) is 1. The minimum atomic E-state index is -3.19. The summed E-state index contributed by atoms with van der Waals surface area (Å²) in [5.74, 6) is 1.26. The molecule has 0 bridgehead atoms. The van der Waals surface area contributed by atoms with Crippen molar-refractivity contribution in [3.8, 4) is 0 Å². The van der Waals surface area contributed by atoms with Crippen molar-refractivity contribution in [3.05, 3.63) is 0 Å². The Hall–Kier alpha value is -0.820. The SMILES string of the molecule is CCC(C)NC(=NC)NCCS(=O)(=O)NCC1CCC1. The highest BCUT2D eigenvalue weighted by molar-refractivity contribution is 7.89. The zero-order chi connectivity index (χ0) is 15.0. The maximum atomic E-state index is 11.8. The van der Waals surface area contributed by atoms with Gasteiger partial charge in [0.1, 0.15) is 0 Å². The van der Waals surface area contributed by atoms with Crippen LogP contribution in [0.3, 0.4) is 0 Å². The van der Waals surface area contributed by atoms with Crippen LogP contribution in [0, 0.1) is 5.92 Å². The molecule has 0 aromatic heterocycles. The summed E-state index contributed by atoms with van der Waals surface area (Å²) in [5.41, 5.74) is 0. The maximum Gasteiger partial charge on any atom is 0.213 e. The fourth-order valence-electron chi connectivity index (χ4n) is 1.85. The summed E-state index contributed by atoms with van der Waals surface area (Å²) >= 11 is 0. The molecule has 1 atom stereocenters. The Morgan fingerprint density at radius 2 is 2.10 bits per heavy atom. The van der Waals surface area contributed by atoms with Crippen LogP contribution in [0.4, 0.5) is 0 Å². The summed E-state index contributed by atoms with van der Waals surface area (Å²) in [5, 5.41) is 6.22. The molecule has 6 nitrogen and oxygen atoms in total. The summed E-state index contributed by atoms with van der Waals surface area (Å²) in [7, 11) is -1.50. The fourth-order valence-corrected chi connectivity index (χ4v) is 2.85. The van der Waals surface area contributed by atoms with E-state index in [1.165, 1.54) is 6.42 Å². The molecule has 0 aromatic carbocycles. The Labute approximate surface area is 122 Å². The van der Waals surface area contributed by atoms with Crippen molar-refractivity contribution in [1.29, 1.82) is 0 Å². The van der Waals surface area contributed by atoms with E-state index in [2.05, 4.69) is 34.2 Å². The van der Waals surface area contributed by atoms with Gasteiger partial charge in [0.15, 0.2) is 5.96 Å². The molecule has 0 heterocycles. The van der Waals surface area contributed by atoms with Crippen molar-refractivity contribution in [2.24, 2.45) is 10.9 Å². The summed E-state index contributed by atoms with van der Waals surface area (Å²) in [6, 6.07) is 0.314. The van der Waals surface area contributed by atoms with Gasteiger partial charge in [0.2, 0.25) is 10.0 Å². The van der Waals surface area contributed by atoms with Crippen molar-refractivity contribution in [3.63, 3.8) is 0 Å². The highest BCUT2D eigenvalue weighted by Crippen LogP contribution is 2.25. The minimum absolute atomic E-state index is 0.0704. The van der Waals surface area contributed by atoms with Crippen molar-refractivity contribution in [2.45, 2.75) is 45.6 Å². The lowest BCUT2D eigenvalue weighted by atomic mass is 9.86. The van der Waals surface area contributed by atoms with Crippen LogP contribution in [-0.4, -0.2) is 46.3 Å². The topological polar surface area (TPSA) is 82.6 Å². The van der Waals surface area contributed by atoms with Crippen molar-refractivity contribution >= 4 is 16.0 Å². The standard InChI is InChI=1S/C13H28N4O2S/c1-4-11(2)17-13(14-3)15-8-9-20(18,19)16-10-12-6-5-7-12/h11-12,16H,4-10H2,1-3H3,(H2,14,15,17). The summed E-state index contributed by atoms with van der Waals surface area (Å²) in [6.07, 6.45) is 4.51. The lowest BCUT2D eigenvalue weighted by Gasteiger charge is -2.25. The molecule has 0 aromatic rings. The van der Waals surface area contributed by atoms with Crippen LogP contribution >= 0.6 is 0 Å². The molecule has 20 heavy (non-hydrogen) atoms. The van der Waals surface area contributed by atoms with E-state index in [9.17, 15) is 8.42 Å². The minimum Gasteiger partial charge on any atom is -0.355 e. The van der Waals surface area contributed by atoms with E-state index in [1.807, 2.05) is 0 Å². The first-order chi connectivity index (χ1) is 9.46. The molecule has 0 amide bonds. The Balaban J connectivity index is 2.23. The zero-order valence-corrected chi connectivity index (χ0v) is 13.6. The maximum absolute atomic E-state index is 11.8. The number of sulfonamides is 1. The Morgan fingerprint density at radius 1 is 1.40 bits per heavy atom. The molecule has 0 saturated heterocycles. The Bertz CT molecular complexity index is 405. The molecular formula is C13H28N4O2S. The fraction of sp³-hybridized carbons (Fsp3) is 0.923. The van der Waals surface area contributed by atoms with Gasteiger partial charge in [-0.15, -0.1) is 0 Å². The molecule has 0 spiro atoms. The predicted molar refractivity (Wildman–Crippen MR) is 83.4 cm³/mol.